The highest BCUT2D eigenvalue weighted by Gasteiger charge is 2.50. The van der Waals surface area contributed by atoms with Crippen molar-refractivity contribution in [2.75, 3.05) is 20.8 Å². The fourth-order valence-electron chi connectivity index (χ4n) is 5.97. The van der Waals surface area contributed by atoms with Gasteiger partial charge in [-0.3, -0.25) is 4.79 Å². The van der Waals surface area contributed by atoms with E-state index in [0.717, 1.165) is 29.9 Å². The van der Waals surface area contributed by atoms with E-state index in [1.807, 2.05) is 24.3 Å². The summed E-state index contributed by atoms with van der Waals surface area (Å²) in [7, 11) is 3.23. The molecule has 1 N–H and O–H groups in total. The maximum atomic E-state index is 12.3. The van der Waals surface area contributed by atoms with Crippen molar-refractivity contribution in [1.82, 2.24) is 5.32 Å². The first-order chi connectivity index (χ1) is 12.6. The van der Waals surface area contributed by atoms with Crippen LogP contribution >= 0.6 is 0 Å². The Hall–Kier alpha value is -1.97. The first-order valence-corrected chi connectivity index (χ1v) is 9.77. The highest BCUT2D eigenvalue weighted by Crippen LogP contribution is 2.59. The van der Waals surface area contributed by atoms with E-state index in [0.29, 0.717) is 16.9 Å². The lowest BCUT2D eigenvalue weighted by molar-refractivity contribution is -0.118. The molecule has 0 aliphatic heterocycles. The Bertz CT molecular complexity index is 674. The van der Waals surface area contributed by atoms with Crippen molar-refractivity contribution < 1.29 is 14.3 Å². The zero-order chi connectivity index (χ0) is 18.1. The lowest BCUT2D eigenvalue weighted by Crippen LogP contribution is -2.51. The number of ether oxygens (including phenoxy) is 2. The summed E-state index contributed by atoms with van der Waals surface area (Å²) in [5.41, 5.74) is 1.30. The van der Waals surface area contributed by atoms with Gasteiger partial charge in [0.1, 0.15) is 0 Å². The third-order valence-electron chi connectivity index (χ3n) is 6.64. The second-order valence-corrected chi connectivity index (χ2v) is 8.58. The van der Waals surface area contributed by atoms with Crippen LogP contribution in [0.2, 0.25) is 0 Å². The van der Waals surface area contributed by atoms with Crippen molar-refractivity contribution in [3.63, 3.8) is 0 Å². The molecule has 0 heterocycles. The first-order valence-electron chi connectivity index (χ1n) is 9.77. The van der Waals surface area contributed by atoms with Gasteiger partial charge in [0.25, 0.3) is 0 Å². The summed E-state index contributed by atoms with van der Waals surface area (Å²) in [5, 5.41) is 3.18. The van der Waals surface area contributed by atoms with E-state index in [1.165, 1.54) is 38.5 Å². The molecule has 4 nitrogen and oxygen atoms in total. The van der Waals surface area contributed by atoms with E-state index in [1.54, 1.807) is 20.3 Å². The molecule has 4 saturated carbocycles. The van der Waals surface area contributed by atoms with Gasteiger partial charge in [-0.15, -0.1) is 0 Å². The third-order valence-corrected chi connectivity index (χ3v) is 6.64. The average molecular weight is 355 g/mol. The predicted molar refractivity (Wildman–Crippen MR) is 102 cm³/mol. The van der Waals surface area contributed by atoms with Crippen LogP contribution in [-0.2, 0) is 4.79 Å². The normalized spacial score (nSPS) is 32.0. The van der Waals surface area contributed by atoms with E-state index in [4.69, 9.17) is 9.47 Å². The molecular weight excluding hydrogens is 326 g/mol. The predicted octanol–water partition coefficient (Wildman–Crippen LogP) is 4.05. The lowest BCUT2D eigenvalue weighted by atomic mass is 9.49. The quantitative estimate of drug-likeness (QED) is 0.783. The van der Waals surface area contributed by atoms with Crippen LogP contribution < -0.4 is 14.8 Å². The van der Waals surface area contributed by atoms with Crippen molar-refractivity contribution in [3.8, 4) is 11.5 Å². The van der Waals surface area contributed by atoms with E-state index in [2.05, 4.69) is 5.32 Å². The molecule has 4 bridgehead atoms. The monoisotopic (exact) mass is 355 g/mol. The van der Waals surface area contributed by atoms with Gasteiger partial charge < -0.3 is 14.8 Å². The SMILES string of the molecule is COc1ccc(/C=C/C(=O)NCC23CC4CC(CC(C4)C2)C3)cc1OC. The van der Waals surface area contributed by atoms with Crippen LogP contribution in [0.25, 0.3) is 6.08 Å². The molecule has 1 aromatic carbocycles. The lowest BCUT2D eigenvalue weighted by Gasteiger charge is -2.56. The third kappa shape index (κ3) is 3.46. The summed E-state index contributed by atoms with van der Waals surface area (Å²) in [6.45, 7) is 0.839. The molecule has 0 aromatic heterocycles. The second-order valence-electron chi connectivity index (χ2n) is 8.58. The van der Waals surface area contributed by atoms with Gasteiger partial charge in [0.2, 0.25) is 5.91 Å². The van der Waals surface area contributed by atoms with Crippen LogP contribution in [0, 0.1) is 23.2 Å². The summed E-state index contributed by atoms with van der Waals surface area (Å²) < 4.78 is 10.6. The minimum absolute atomic E-state index is 0.00414. The molecule has 5 rings (SSSR count). The number of benzene rings is 1. The van der Waals surface area contributed by atoms with Gasteiger partial charge in [-0.05, 0) is 85.5 Å². The highest BCUT2D eigenvalue weighted by atomic mass is 16.5. The molecule has 0 saturated heterocycles. The molecule has 4 aliphatic carbocycles. The smallest absolute Gasteiger partial charge is 0.244 e. The topological polar surface area (TPSA) is 47.6 Å². The molecular formula is C22H29NO3. The Balaban J connectivity index is 1.35. The van der Waals surface area contributed by atoms with Crippen LogP contribution in [0.3, 0.4) is 0 Å². The summed E-state index contributed by atoms with van der Waals surface area (Å²) in [6, 6.07) is 5.65. The van der Waals surface area contributed by atoms with Gasteiger partial charge in [0.05, 0.1) is 14.2 Å². The molecule has 4 heteroatoms. The minimum atomic E-state index is -0.00414. The Kier molecular flexibility index (Phi) is 4.68. The maximum absolute atomic E-state index is 12.3. The molecule has 1 aromatic rings. The van der Waals surface area contributed by atoms with Gasteiger partial charge in [-0.2, -0.15) is 0 Å². The van der Waals surface area contributed by atoms with Crippen LogP contribution in [0.15, 0.2) is 24.3 Å². The number of rotatable bonds is 6. The van der Waals surface area contributed by atoms with Crippen LogP contribution in [0.1, 0.15) is 44.1 Å². The van der Waals surface area contributed by atoms with Crippen molar-refractivity contribution >= 4 is 12.0 Å². The zero-order valence-electron chi connectivity index (χ0n) is 15.8. The molecule has 0 unspecified atom stereocenters. The number of amides is 1. The summed E-state index contributed by atoms with van der Waals surface area (Å²) in [5.74, 6) is 4.11. The van der Waals surface area contributed by atoms with Crippen molar-refractivity contribution in [3.05, 3.63) is 29.8 Å². The van der Waals surface area contributed by atoms with Crippen LogP contribution in [0.5, 0.6) is 11.5 Å². The standard InChI is InChI=1S/C22H29NO3/c1-25-19-5-3-15(10-20(19)26-2)4-6-21(24)23-14-22-11-16-7-17(12-22)9-18(8-16)13-22/h3-6,10,16-18H,7-9,11-14H2,1-2H3,(H,23,24)/b6-4+. The minimum Gasteiger partial charge on any atom is -0.493 e. The maximum Gasteiger partial charge on any atom is 0.244 e. The van der Waals surface area contributed by atoms with Gasteiger partial charge >= 0.3 is 0 Å². The zero-order valence-corrected chi connectivity index (χ0v) is 15.8. The van der Waals surface area contributed by atoms with Crippen LogP contribution in [-0.4, -0.2) is 26.7 Å². The van der Waals surface area contributed by atoms with E-state index in [9.17, 15) is 4.79 Å². The van der Waals surface area contributed by atoms with Gasteiger partial charge in [0, 0.05) is 12.6 Å². The number of hydrogen-bond acceptors (Lipinski definition) is 3. The molecule has 0 spiro atoms. The van der Waals surface area contributed by atoms with E-state index < -0.39 is 0 Å². The van der Waals surface area contributed by atoms with E-state index in [-0.39, 0.29) is 5.91 Å². The number of carbonyl (C=O) groups is 1. The fourth-order valence-corrected chi connectivity index (χ4v) is 5.97. The Morgan fingerprint density at radius 3 is 2.27 bits per heavy atom. The highest BCUT2D eigenvalue weighted by molar-refractivity contribution is 5.91. The van der Waals surface area contributed by atoms with Crippen molar-refractivity contribution in [1.29, 1.82) is 0 Å². The number of nitrogens with one attached hydrogen (secondary N) is 1. The van der Waals surface area contributed by atoms with Crippen molar-refractivity contribution in [2.45, 2.75) is 38.5 Å². The Morgan fingerprint density at radius 1 is 1.08 bits per heavy atom. The molecule has 4 fully saturated rings. The second kappa shape index (κ2) is 6.98. The molecule has 0 radical (unpaired) electrons. The van der Waals surface area contributed by atoms with Gasteiger partial charge in [0.15, 0.2) is 11.5 Å². The largest absolute Gasteiger partial charge is 0.493 e. The molecule has 4 aliphatic rings. The van der Waals surface area contributed by atoms with Crippen molar-refractivity contribution in [2.24, 2.45) is 23.2 Å². The summed E-state index contributed by atoms with van der Waals surface area (Å²) in [4.78, 5) is 12.3. The van der Waals surface area contributed by atoms with Gasteiger partial charge in [-0.1, -0.05) is 6.07 Å². The first kappa shape index (κ1) is 17.4. The molecule has 26 heavy (non-hydrogen) atoms. The number of hydrogen-bond donors (Lipinski definition) is 1. The molecule has 0 atom stereocenters. The summed E-state index contributed by atoms with van der Waals surface area (Å²) in [6.07, 6.45) is 11.7. The Labute approximate surface area is 156 Å². The summed E-state index contributed by atoms with van der Waals surface area (Å²) >= 11 is 0. The average Bonchev–Trinajstić information content (AvgIpc) is 2.63. The van der Waals surface area contributed by atoms with Gasteiger partial charge in [-0.25, -0.2) is 0 Å². The molecule has 140 valence electrons. The van der Waals surface area contributed by atoms with E-state index >= 15 is 0 Å². The number of carbonyl (C=O) groups excluding carboxylic acids is 1. The Morgan fingerprint density at radius 2 is 1.69 bits per heavy atom. The van der Waals surface area contributed by atoms with Crippen LogP contribution in [0.4, 0.5) is 0 Å². The number of methoxy groups -OCH3 is 2. The fraction of sp³-hybridized carbons (Fsp3) is 0.591. The molecule has 1 amide bonds.